The van der Waals surface area contributed by atoms with Crippen molar-refractivity contribution in [3.8, 4) is 29.2 Å². The van der Waals surface area contributed by atoms with E-state index in [2.05, 4.69) is 214 Å². The SMILES string of the molecule is N#Cc1c(-n2c3ccccc3c3ccc4c5ccccc5sc4c32)cc(-n2c3ccccc3c3ccc4c5ccccc5sc4c32)c(C#N)c1-n1c2ccccc2c2ccc3c4ccccc4sc3c21. The van der Waals surface area contributed by atoms with E-state index in [0.29, 0.717) is 28.2 Å². The number of hydrogen-bond donors (Lipinski definition) is 0. The van der Waals surface area contributed by atoms with Gasteiger partial charge in [-0.3, -0.25) is 0 Å². The molecule has 70 heavy (non-hydrogen) atoms. The Bertz CT molecular complexity index is 4890. The molecule has 0 spiro atoms. The number of rotatable bonds is 3. The summed E-state index contributed by atoms with van der Waals surface area (Å²) in [4.78, 5) is 0. The Morgan fingerprint density at radius 2 is 0.600 bits per heavy atom. The number of para-hydroxylation sites is 3. The average molecular weight is 942 g/mol. The Balaban J connectivity index is 1.18. The summed E-state index contributed by atoms with van der Waals surface area (Å²) in [6.45, 7) is 0. The second kappa shape index (κ2) is 13.9. The first-order chi connectivity index (χ1) is 34.7. The first-order valence-corrected chi connectivity index (χ1v) is 25.7. The fourth-order valence-electron chi connectivity index (χ4n) is 11.9. The minimum Gasteiger partial charge on any atom is -0.306 e. The lowest BCUT2D eigenvalue weighted by molar-refractivity contribution is 1.08. The summed E-state index contributed by atoms with van der Waals surface area (Å²) in [6, 6.07) is 72.7. The average Bonchev–Trinajstić information content (AvgIpc) is 4.26. The van der Waals surface area contributed by atoms with Gasteiger partial charge < -0.3 is 13.7 Å². The highest BCUT2D eigenvalue weighted by Gasteiger charge is 2.30. The molecule has 0 saturated carbocycles. The Labute approximate surface area is 409 Å². The van der Waals surface area contributed by atoms with Gasteiger partial charge in [0, 0.05) is 78.7 Å². The van der Waals surface area contributed by atoms with Crippen LogP contribution in [0.1, 0.15) is 11.1 Å². The van der Waals surface area contributed by atoms with Gasteiger partial charge in [-0.05, 0) is 42.5 Å². The largest absolute Gasteiger partial charge is 0.306 e. The van der Waals surface area contributed by atoms with E-state index in [1.807, 2.05) is 0 Å². The van der Waals surface area contributed by atoms with Crippen molar-refractivity contribution in [2.45, 2.75) is 0 Å². The predicted molar refractivity (Wildman–Crippen MR) is 298 cm³/mol. The molecular weight excluding hydrogens is 911 g/mol. The van der Waals surface area contributed by atoms with Gasteiger partial charge in [-0.2, -0.15) is 10.5 Å². The van der Waals surface area contributed by atoms with Crippen molar-refractivity contribution >= 4 is 160 Å². The third-order valence-electron chi connectivity index (χ3n) is 14.7. The lowest BCUT2D eigenvalue weighted by atomic mass is 10.0. The van der Waals surface area contributed by atoms with E-state index in [1.165, 1.54) is 41.0 Å². The zero-order valence-corrected chi connectivity index (χ0v) is 39.3. The molecule has 0 fully saturated rings. The molecule has 0 N–H and O–H groups in total. The molecule has 0 amide bonds. The number of thiophene rings is 3. The Morgan fingerprint density at radius 1 is 0.300 bits per heavy atom. The maximum absolute atomic E-state index is 12.2. The van der Waals surface area contributed by atoms with Crippen LogP contribution in [0, 0.1) is 22.7 Å². The van der Waals surface area contributed by atoms with E-state index in [0.717, 1.165) is 84.9 Å². The van der Waals surface area contributed by atoms with Crippen LogP contribution in [0.4, 0.5) is 0 Å². The maximum atomic E-state index is 12.2. The van der Waals surface area contributed by atoms with Gasteiger partial charge >= 0.3 is 0 Å². The van der Waals surface area contributed by atoms with E-state index in [9.17, 15) is 10.5 Å². The molecule has 0 atom stereocenters. The van der Waals surface area contributed by atoms with Gasteiger partial charge in [-0.25, -0.2) is 0 Å². The van der Waals surface area contributed by atoms with Gasteiger partial charge in [0.1, 0.15) is 23.3 Å². The fraction of sp³-hybridized carbons (Fsp3) is 0. The van der Waals surface area contributed by atoms with Crippen LogP contribution in [0.5, 0.6) is 0 Å². The van der Waals surface area contributed by atoms with Crippen LogP contribution < -0.4 is 0 Å². The molecule has 6 aromatic heterocycles. The topological polar surface area (TPSA) is 62.4 Å². The molecule has 16 rings (SSSR count). The molecule has 0 aliphatic heterocycles. The van der Waals surface area contributed by atoms with Crippen molar-refractivity contribution in [3.05, 3.63) is 199 Å². The summed E-state index contributed by atoms with van der Waals surface area (Å²) in [5, 5.41) is 38.0. The fourth-order valence-corrected chi connectivity index (χ4v) is 15.6. The highest BCUT2D eigenvalue weighted by atomic mass is 32.1. The number of fused-ring (bicyclic) bond motifs is 21. The summed E-state index contributed by atoms with van der Waals surface area (Å²) >= 11 is 5.35. The van der Waals surface area contributed by atoms with Gasteiger partial charge in [-0.1, -0.05) is 146 Å². The van der Waals surface area contributed by atoms with E-state index in [4.69, 9.17) is 0 Å². The molecule has 0 saturated heterocycles. The standard InChI is InChI=1S/C62H31N5S3/c63-32-46-51(65-48-19-7-1-13-34(48)40-25-28-43-37-16-4-10-22-53(37)68-60(43)57(40)65)31-52(66-49-20-8-2-14-35(49)41-26-29-44-38-17-5-11-23-54(38)69-61(44)58(41)66)47(33-64)56(46)67-50-21-9-3-15-36(50)42-27-30-45-39-18-6-12-24-55(39)70-62(45)59(42)67/h1-31H. The minimum atomic E-state index is 0.426. The van der Waals surface area contributed by atoms with Crippen LogP contribution in [0.3, 0.4) is 0 Å². The van der Waals surface area contributed by atoms with Crippen molar-refractivity contribution in [1.82, 2.24) is 13.7 Å². The molecular formula is C62H31N5S3. The van der Waals surface area contributed by atoms with Gasteiger partial charge in [0.15, 0.2) is 0 Å². The van der Waals surface area contributed by atoms with Crippen LogP contribution in [0.25, 0.3) is 143 Å². The molecule has 0 aliphatic rings. The molecule has 0 bridgehead atoms. The van der Waals surface area contributed by atoms with Crippen molar-refractivity contribution in [1.29, 1.82) is 10.5 Å². The van der Waals surface area contributed by atoms with Crippen LogP contribution in [0.15, 0.2) is 188 Å². The van der Waals surface area contributed by atoms with Crippen LogP contribution in [0.2, 0.25) is 0 Å². The van der Waals surface area contributed by atoms with E-state index in [1.54, 1.807) is 34.0 Å². The number of benzene rings is 10. The van der Waals surface area contributed by atoms with Gasteiger partial charge in [0.25, 0.3) is 0 Å². The van der Waals surface area contributed by atoms with Gasteiger partial charge in [0.2, 0.25) is 0 Å². The first kappa shape index (κ1) is 38.2. The summed E-state index contributed by atoms with van der Waals surface area (Å²) in [5.74, 6) is 0. The smallest absolute Gasteiger partial charge is 0.104 e. The lowest BCUT2D eigenvalue weighted by Gasteiger charge is -2.22. The Hall–Kier alpha value is -8.76. The number of aromatic nitrogens is 3. The molecule has 6 heterocycles. The predicted octanol–water partition coefficient (Wildman–Crippen LogP) is 17.8. The first-order valence-electron chi connectivity index (χ1n) is 23.2. The van der Waals surface area contributed by atoms with Crippen LogP contribution in [-0.2, 0) is 0 Å². The zero-order valence-electron chi connectivity index (χ0n) is 36.9. The molecule has 16 aromatic rings. The van der Waals surface area contributed by atoms with Crippen molar-refractivity contribution in [2.24, 2.45) is 0 Å². The normalized spacial score (nSPS) is 12.3. The molecule has 0 radical (unpaired) electrons. The third kappa shape index (κ3) is 4.82. The van der Waals surface area contributed by atoms with Crippen molar-refractivity contribution in [2.75, 3.05) is 0 Å². The van der Waals surface area contributed by atoms with E-state index >= 15 is 0 Å². The third-order valence-corrected chi connectivity index (χ3v) is 18.3. The monoisotopic (exact) mass is 941 g/mol. The number of nitriles is 2. The zero-order chi connectivity index (χ0) is 45.9. The summed E-state index contributed by atoms with van der Waals surface area (Å²) in [6.07, 6.45) is 0. The second-order valence-corrected chi connectivity index (χ2v) is 21.3. The number of hydrogen-bond acceptors (Lipinski definition) is 5. The summed E-state index contributed by atoms with van der Waals surface area (Å²) in [5.41, 5.74) is 8.83. The Morgan fingerprint density at radius 3 is 0.971 bits per heavy atom. The van der Waals surface area contributed by atoms with Crippen LogP contribution >= 0.6 is 34.0 Å². The van der Waals surface area contributed by atoms with Gasteiger partial charge in [-0.15, -0.1) is 34.0 Å². The quantitative estimate of drug-likeness (QED) is 0.177. The molecule has 5 nitrogen and oxygen atoms in total. The second-order valence-electron chi connectivity index (χ2n) is 18.1. The van der Waals surface area contributed by atoms with Crippen molar-refractivity contribution < 1.29 is 0 Å². The molecule has 10 aromatic carbocycles. The molecule has 0 unspecified atom stereocenters. The summed E-state index contributed by atoms with van der Waals surface area (Å²) < 4.78 is 13.9. The highest BCUT2D eigenvalue weighted by Crippen LogP contribution is 2.50. The van der Waals surface area contributed by atoms with Gasteiger partial charge in [0.05, 0.1) is 64.3 Å². The highest BCUT2D eigenvalue weighted by molar-refractivity contribution is 7.27. The molecule has 0 aliphatic carbocycles. The maximum Gasteiger partial charge on any atom is 0.104 e. The summed E-state index contributed by atoms with van der Waals surface area (Å²) in [7, 11) is 0. The molecule has 322 valence electrons. The lowest BCUT2D eigenvalue weighted by Crippen LogP contribution is -2.11. The van der Waals surface area contributed by atoms with Crippen molar-refractivity contribution in [3.63, 3.8) is 0 Å². The Kier molecular flexibility index (Phi) is 7.60. The number of nitrogens with zero attached hydrogens (tertiary/aromatic N) is 5. The minimum absolute atomic E-state index is 0.426. The van der Waals surface area contributed by atoms with Crippen LogP contribution in [-0.4, -0.2) is 13.7 Å². The van der Waals surface area contributed by atoms with E-state index < -0.39 is 0 Å². The molecule has 8 heteroatoms. The van der Waals surface area contributed by atoms with E-state index in [-0.39, 0.29) is 0 Å².